The zero-order chi connectivity index (χ0) is 23.8. The number of furan rings is 1. The van der Waals surface area contributed by atoms with Gasteiger partial charge in [0, 0.05) is 6.08 Å². The number of amides is 1. The maximum atomic E-state index is 12.8. The van der Waals surface area contributed by atoms with Crippen molar-refractivity contribution in [2.24, 2.45) is 0 Å². The average molecular weight is 456 g/mol. The zero-order valence-electron chi connectivity index (χ0n) is 17.5. The first-order valence-corrected chi connectivity index (χ1v) is 9.84. The number of rotatable bonds is 8. The molecule has 0 saturated carbocycles. The van der Waals surface area contributed by atoms with Gasteiger partial charge >= 0.3 is 6.18 Å². The molecule has 33 heavy (non-hydrogen) atoms. The van der Waals surface area contributed by atoms with Gasteiger partial charge in [0.15, 0.2) is 0 Å². The first-order chi connectivity index (χ1) is 15.8. The second kappa shape index (κ2) is 10.4. The number of nitriles is 1. The van der Waals surface area contributed by atoms with Crippen LogP contribution in [0, 0.1) is 11.3 Å². The maximum absolute atomic E-state index is 12.8. The highest BCUT2D eigenvalue weighted by Crippen LogP contribution is 2.31. The van der Waals surface area contributed by atoms with E-state index in [1.807, 2.05) is 13.0 Å². The molecule has 0 spiro atoms. The van der Waals surface area contributed by atoms with Gasteiger partial charge in [-0.15, -0.1) is 0 Å². The highest BCUT2D eigenvalue weighted by Gasteiger charge is 2.30. The van der Waals surface area contributed by atoms with Crippen LogP contribution in [0.1, 0.15) is 24.0 Å². The van der Waals surface area contributed by atoms with Gasteiger partial charge in [-0.05, 0) is 49.4 Å². The van der Waals surface area contributed by atoms with Crippen LogP contribution in [0.2, 0.25) is 0 Å². The van der Waals surface area contributed by atoms with E-state index in [1.54, 1.807) is 24.3 Å². The molecule has 9 heteroatoms. The number of carbonyl (C=O) groups excluding carboxylic acids is 1. The Morgan fingerprint density at radius 1 is 1.12 bits per heavy atom. The largest absolute Gasteiger partial charge is 0.492 e. The monoisotopic (exact) mass is 456 g/mol. The van der Waals surface area contributed by atoms with Crippen LogP contribution in [0.4, 0.5) is 18.9 Å². The van der Waals surface area contributed by atoms with Crippen molar-refractivity contribution in [3.63, 3.8) is 0 Å². The molecule has 1 amide bonds. The fraction of sp³-hybridized carbons (Fsp3) is 0.167. The van der Waals surface area contributed by atoms with Crippen molar-refractivity contribution in [1.29, 1.82) is 5.26 Å². The van der Waals surface area contributed by atoms with Gasteiger partial charge in [-0.25, -0.2) is 0 Å². The van der Waals surface area contributed by atoms with Crippen molar-refractivity contribution >= 4 is 17.7 Å². The van der Waals surface area contributed by atoms with E-state index in [2.05, 4.69) is 5.32 Å². The van der Waals surface area contributed by atoms with Crippen molar-refractivity contribution in [1.82, 2.24) is 0 Å². The Hall–Kier alpha value is -4.19. The molecule has 1 aromatic heterocycles. The van der Waals surface area contributed by atoms with Crippen molar-refractivity contribution < 1.29 is 31.9 Å². The number of hydrogen-bond acceptors (Lipinski definition) is 5. The molecule has 2 aromatic carbocycles. The first kappa shape index (κ1) is 23.5. The fourth-order valence-electron chi connectivity index (χ4n) is 2.80. The summed E-state index contributed by atoms with van der Waals surface area (Å²) >= 11 is 0. The second-order valence-electron chi connectivity index (χ2n) is 6.67. The summed E-state index contributed by atoms with van der Waals surface area (Å²) in [5.74, 6) is 0.365. The lowest BCUT2D eigenvalue weighted by atomic mass is 10.2. The van der Waals surface area contributed by atoms with E-state index in [0.29, 0.717) is 23.8 Å². The van der Waals surface area contributed by atoms with Crippen LogP contribution in [-0.4, -0.2) is 12.5 Å². The van der Waals surface area contributed by atoms with E-state index in [9.17, 15) is 23.2 Å². The van der Waals surface area contributed by atoms with Crippen LogP contribution in [0.15, 0.2) is 70.7 Å². The van der Waals surface area contributed by atoms with Gasteiger partial charge in [-0.2, -0.15) is 18.4 Å². The number of hydrogen-bond donors (Lipinski definition) is 1. The number of halogens is 3. The van der Waals surface area contributed by atoms with Crippen LogP contribution >= 0.6 is 0 Å². The number of para-hydroxylation sites is 2. The average Bonchev–Trinajstić information content (AvgIpc) is 3.24. The fourth-order valence-corrected chi connectivity index (χ4v) is 2.80. The number of alkyl halides is 3. The maximum Gasteiger partial charge on any atom is 0.416 e. The lowest BCUT2D eigenvalue weighted by Gasteiger charge is -2.10. The molecule has 6 nitrogen and oxygen atoms in total. The first-order valence-electron chi connectivity index (χ1n) is 9.84. The molecule has 0 saturated heterocycles. The van der Waals surface area contributed by atoms with Crippen LogP contribution in [0.3, 0.4) is 0 Å². The molecule has 0 bridgehead atoms. The molecule has 1 N–H and O–H groups in total. The number of nitrogens with zero attached hydrogens (tertiary/aromatic N) is 1. The second-order valence-corrected chi connectivity index (χ2v) is 6.67. The molecule has 3 rings (SSSR count). The summed E-state index contributed by atoms with van der Waals surface area (Å²) < 4.78 is 54.8. The van der Waals surface area contributed by atoms with Gasteiger partial charge in [0.2, 0.25) is 0 Å². The highest BCUT2D eigenvalue weighted by molar-refractivity contribution is 6.10. The van der Waals surface area contributed by atoms with Crippen molar-refractivity contribution in [2.75, 3.05) is 11.9 Å². The molecule has 0 aliphatic carbocycles. The third-order valence-electron chi connectivity index (χ3n) is 4.31. The Morgan fingerprint density at radius 2 is 1.91 bits per heavy atom. The topological polar surface area (TPSA) is 84.5 Å². The molecule has 0 aliphatic rings. The van der Waals surface area contributed by atoms with Gasteiger partial charge in [-0.1, -0.05) is 18.2 Å². The van der Waals surface area contributed by atoms with Crippen LogP contribution in [-0.2, 0) is 17.6 Å². The zero-order valence-corrected chi connectivity index (χ0v) is 17.5. The van der Waals surface area contributed by atoms with Gasteiger partial charge in [-0.3, -0.25) is 4.79 Å². The van der Waals surface area contributed by atoms with Crippen molar-refractivity contribution in [3.8, 4) is 17.6 Å². The van der Waals surface area contributed by atoms with Gasteiger partial charge in [0.1, 0.15) is 41.3 Å². The minimum Gasteiger partial charge on any atom is -0.492 e. The molecule has 170 valence electrons. The Morgan fingerprint density at radius 3 is 2.64 bits per heavy atom. The smallest absolute Gasteiger partial charge is 0.416 e. The summed E-state index contributed by atoms with van der Waals surface area (Å²) in [6.45, 7) is 2.08. The molecular formula is C24H19F3N2O4. The normalized spacial score (nSPS) is 11.5. The third-order valence-corrected chi connectivity index (χ3v) is 4.31. The van der Waals surface area contributed by atoms with E-state index >= 15 is 0 Å². The number of ether oxygens (including phenoxy) is 2. The lowest BCUT2D eigenvalue weighted by molar-refractivity contribution is -0.137. The summed E-state index contributed by atoms with van der Waals surface area (Å²) in [7, 11) is 0. The highest BCUT2D eigenvalue weighted by atomic mass is 19.4. The Bertz CT molecular complexity index is 1190. The number of carbonyl (C=O) groups is 1. The minimum absolute atomic E-state index is 0.0309. The number of anilines is 1. The molecule has 0 radical (unpaired) electrons. The van der Waals surface area contributed by atoms with E-state index in [4.69, 9.17) is 13.9 Å². The van der Waals surface area contributed by atoms with E-state index in [1.165, 1.54) is 30.3 Å². The number of benzene rings is 2. The SMILES string of the molecule is CCOc1ccccc1NC(=O)C(C#N)=Cc1ccc(COc2cccc(C(F)(F)F)c2)o1. The predicted molar refractivity (Wildman–Crippen MR) is 114 cm³/mol. The van der Waals surface area contributed by atoms with Crippen LogP contribution < -0.4 is 14.8 Å². The van der Waals surface area contributed by atoms with Gasteiger partial charge in [0.05, 0.1) is 17.9 Å². The quantitative estimate of drug-likeness (QED) is 0.341. The molecule has 0 fully saturated rings. The molecule has 3 aromatic rings. The predicted octanol–water partition coefficient (Wildman–Crippen LogP) is 5.82. The summed E-state index contributed by atoms with van der Waals surface area (Å²) in [4.78, 5) is 12.5. The summed E-state index contributed by atoms with van der Waals surface area (Å²) in [6.07, 6.45) is -3.22. The minimum atomic E-state index is -4.47. The van der Waals surface area contributed by atoms with E-state index in [-0.39, 0.29) is 23.7 Å². The molecule has 0 unspecified atom stereocenters. The summed E-state index contributed by atoms with van der Waals surface area (Å²) in [5.41, 5.74) is -0.611. The number of nitrogens with one attached hydrogen (secondary N) is 1. The van der Waals surface area contributed by atoms with Crippen LogP contribution in [0.5, 0.6) is 11.5 Å². The van der Waals surface area contributed by atoms with E-state index < -0.39 is 17.6 Å². The van der Waals surface area contributed by atoms with Crippen LogP contribution in [0.25, 0.3) is 6.08 Å². The lowest BCUT2D eigenvalue weighted by Crippen LogP contribution is -2.14. The molecule has 0 aliphatic heterocycles. The van der Waals surface area contributed by atoms with Crippen molar-refractivity contribution in [3.05, 3.63) is 83.3 Å². The van der Waals surface area contributed by atoms with Gasteiger partial charge < -0.3 is 19.2 Å². The van der Waals surface area contributed by atoms with Crippen molar-refractivity contribution in [2.45, 2.75) is 19.7 Å². The molecular weight excluding hydrogens is 437 g/mol. The summed E-state index contributed by atoms with van der Waals surface area (Å²) in [5, 5.41) is 12.0. The Kier molecular flexibility index (Phi) is 7.41. The Balaban J connectivity index is 1.67. The molecule has 0 atom stereocenters. The van der Waals surface area contributed by atoms with Gasteiger partial charge in [0.25, 0.3) is 5.91 Å². The summed E-state index contributed by atoms with van der Waals surface area (Å²) in [6, 6.07) is 16.2. The molecule has 1 heterocycles. The third kappa shape index (κ3) is 6.40. The standard InChI is InChI=1S/C24H19F3N2O4/c1-2-31-22-9-4-3-8-21(22)29-23(30)16(14-28)12-19-10-11-20(33-19)15-32-18-7-5-6-17(13-18)24(25,26)27/h3-13H,2,15H2,1H3,(H,29,30). The van der Waals surface area contributed by atoms with E-state index in [0.717, 1.165) is 12.1 Å². The Labute approximate surface area is 187 Å².